The molecule has 1 fully saturated rings. The summed E-state index contributed by atoms with van der Waals surface area (Å²) in [7, 11) is 0. The minimum atomic E-state index is -0.979. The maximum Gasteiger partial charge on any atom is 0.326 e. The molecule has 2 aromatic rings. The predicted molar refractivity (Wildman–Crippen MR) is 107 cm³/mol. The minimum Gasteiger partial charge on any atom is -0.480 e. The topological polar surface area (TPSA) is 86.7 Å². The Bertz CT molecular complexity index is 923. The second-order valence-electron chi connectivity index (χ2n) is 7.13. The van der Waals surface area contributed by atoms with Crippen LogP contribution in [0, 0.1) is 13.8 Å². The molecule has 0 bridgehead atoms. The Balaban J connectivity index is 1.80. The van der Waals surface area contributed by atoms with Crippen molar-refractivity contribution in [3.05, 3.63) is 64.7 Å². The molecule has 146 valence electrons. The summed E-state index contributed by atoms with van der Waals surface area (Å²) in [6, 6.07) is 11.4. The van der Waals surface area contributed by atoms with Gasteiger partial charge in [-0.2, -0.15) is 0 Å². The fraction of sp³-hybridized carbons (Fsp3) is 0.318. The van der Waals surface area contributed by atoms with Gasteiger partial charge in [-0.3, -0.25) is 9.59 Å². The Morgan fingerprint density at radius 1 is 1.07 bits per heavy atom. The molecule has 0 saturated carbocycles. The van der Waals surface area contributed by atoms with Gasteiger partial charge in [0, 0.05) is 23.4 Å². The number of carboxylic acid groups (broad SMARTS) is 1. The Morgan fingerprint density at radius 3 is 2.57 bits per heavy atom. The lowest BCUT2D eigenvalue weighted by molar-refractivity contribution is -0.143. The first-order valence-corrected chi connectivity index (χ1v) is 9.40. The highest BCUT2D eigenvalue weighted by Gasteiger charge is 2.32. The van der Waals surface area contributed by atoms with Crippen LogP contribution in [-0.2, 0) is 4.79 Å². The summed E-state index contributed by atoms with van der Waals surface area (Å²) in [6.45, 7) is 4.27. The minimum absolute atomic E-state index is 0.243. The number of hydrogen-bond donors (Lipinski definition) is 2. The molecule has 2 N–H and O–H groups in total. The number of benzene rings is 2. The molecule has 6 heteroatoms. The van der Waals surface area contributed by atoms with E-state index in [1.807, 2.05) is 26.0 Å². The largest absolute Gasteiger partial charge is 0.480 e. The molecule has 1 heterocycles. The average molecular weight is 380 g/mol. The van der Waals surface area contributed by atoms with Crippen LogP contribution in [0.15, 0.2) is 42.5 Å². The molecule has 3 rings (SSSR count). The summed E-state index contributed by atoms with van der Waals surface area (Å²) < 4.78 is 0. The van der Waals surface area contributed by atoms with Crippen LogP contribution in [0.25, 0.3) is 0 Å². The third kappa shape index (κ3) is 4.06. The fourth-order valence-electron chi connectivity index (χ4n) is 3.52. The van der Waals surface area contributed by atoms with Crippen LogP contribution >= 0.6 is 0 Å². The van der Waals surface area contributed by atoms with E-state index in [1.165, 1.54) is 4.90 Å². The summed E-state index contributed by atoms with van der Waals surface area (Å²) in [5, 5.41) is 12.2. The predicted octanol–water partition coefficient (Wildman–Crippen LogP) is 3.64. The van der Waals surface area contributed by atoms with Crippen LogP contribution in [-0.4, -0.2) is 40.4 Å². The summed E-state index contributed by atoms with van der Waals surface area (Å²) in [4.78, 5) is 38.4. The van der Waals surface area contributed by atoms with Crippen LogP contribution in [0.5, 0.6) is 0 Å². The normalized spacial score (nSPS) is 16.5. The van der Waals surface area contributed by atoms with E-state index < -0.39 is 12.0 Å². The van der Waals surface area contributed by atoms with Gasteiger partial charge < -0.3 is 15.3 Å². The number of piperidine rings is 1. The van der Waals surface area contributed by atoms with Gasteiger partial charge in [-0.25, -0.2) is 4.79 Å². The van der Waals surface area contributed by atoms with E-state index in [2.05, 4.69) is 5.32 Å². The van der Waals surface area contributed by atoms with Gasteiger partial charge in [-0.05, 0) is 68.5 Å². The molecule has 1 saturated heterocycles. The maximum absolute atomic E-state index is 12.9. The van der Waals surface area contributed by atoms with E-state index >= 15 is 0 Å². The fourth-order valence-corrected chi connectivity index (χ4v) is 3.52. The van der Waals surface area contributed by atoms with E-state index in [0.717, 1.165) is 24.0 Å². The number of hydrogen-bond acceptors (Lipinski definition) is 3. The van der Waals surface area contributed by atoms with Gasteiger partial charge in [0.05, 0.1) is 0 Å². The van der Waals surface area contributed by atoms with Crippen molar-refractivity contribution < 1.29 is 19.5 Å². The average Bonchev–Trinajstić information content (AvgIpc) is 2.69. The zero-order chi connectivity index (χ0) is 20.3. The van der Waals surface area contributed by atoms with E-state index in [0.29, 0.717) is 29.8 Å². The third-order valence-electron chi connectivity index (χ3n) is 5.27. The van der Waals surface area contributed by atoms with Crippen LogP contribution in [0.1, 0.15) is 51.1 Å². The second kappa shape index (κ2) is 8.25. The van der Waals surface area contributed by atoms with Crippen molar-refractivity contribution in [3.8, 4) is 0 Å². The van der Waals surface area contributed by atoms with E-state index in [4.69, 9.17) is 0 Å². The lowest BCUT2D eigenvalue weighted by atomic mass is 10.0. The molecule has 0 radical (unpaired) electrons. The lowest BCUT2D eigenvalue weighted by Crippen LogP contribution is -2.48. The number of aryl methyl sites for hydroxylation is 1. The highest BCUT2D eigenvalue weighted by molar-refractivity contribution is 6.06. The summed E-state index contributed by atoms with van der Waals surface area (Å²) in [6.07, 6.45) is 2.05. The zero-order valence-corrected chi connectivity index (χ0v) is 16.1. The Kier molecular flexibility index (Phi) is 5.78. The van der Waals surface area contributed by atoms with Crippen LogP contribution < -0.4 is 5.32 Å². The second-order valence-corrected chi connectivity index (χ2v) is 7.13. The molecule has 2 amide bonds. The van der Waals surface area contributed by atoms with Gasteiger partial charge in [0.2, 0.25) is 0 Å². The van der Waals surface area contributed by atoms with Gasteiger partial charge >= 0.3 is 5.97 Å². The summed E-state index contributed by atoms with van der Waals surface area (Å²) >= 11 is 0. The molecule has 1 unspecified atom stereocenters. The molecule has 0 aromatic heterocycles. The van der Waals surface area contributed by atoms with Gasteiger partial charge in [0.1, 0.15) is 6.04 Å². The number of nitrogens with one attached hydrogen (secondary N) is 1. The monoisotopic (exact) mass is 380 g/mol. The van der Waals surface area contributed by atoms with Crippen molar-refractivity contribution in [1.29, 1.82) is 0 Å². The number of carbonyl (C=O) groups is 3. The molecule has 6 nitrogen and oxygen atoms in total. The van der Waals surface area contributed by atoms with Crippen molar-refractivity contribution in [2.45, 2.75) is 39.2 Å². The first kappa shape index (κ1) is 19.6. The van der Waals surface area contributed by atoms with Gasteiger partial charge in [-0.15, -0.1) is 0 Å². The number of carbonyl (C=O) groups excluding carboxylic acids is 2. The number of aliphatic carboxylic acids is 1. The maximum atomic E-state index is 12.9. The van der Waals surface area contributed by atoms with Gasteiger partial charge in [-0.1, -0.05) is 18.2 Å². The van der Waals surface area contributed by atoms with Crippen LogP contribution in [0.2, 0.25) is 0 Å². The number of amides is 2. The molecule has 2 aromatic carbocycles. The van der Waals surface area contributed by atoms with Crippen molar-refractivity contribution >= 4 is 23.5 Å². The number of anilines is 1. The van der Waals surface area contributed by atoms with Crippen molar-refractivity contribution in [3.63, 3.8) is 0 Å². The molecule has 1 aliphatic rings. The van der Waals surface area contributed by atoms with E-state index in [1.54, 1.807) is 30.3 Å². The van der Waals surface area contributed by atoms with Gasteiger partial charge in [0.15, 0.2) is 0 Å². The Morgan fingerprint density at radius 2 is 1.82 bits per heavy atom. The zero-order valence-electron chi connectivity index (χ0n) is 16.1. The molecule has 28 heavy (non-hydrogen) atoms. The van der Waals surface area contributed by atoms with Crippen LogP contribution in [0.4, 0.5) is 5.69 Å². The third-order valence-corrected chi connectivity index (χ3v) is 5.27. The van der Waals surface area contributed by atoms with Crippen molar-refractivity contribution in [2.75, 3.05) is 11.9 Å². The molecular formula is C22H24N2O4. The first-order chi connectivity index (χ1) is 13.4. The highest BCUT2D eigenvalue weighted by atomic mass is 16.4. The quantitative estimate of drug-likeness (QED) is 0.848. The molecule has 0 aliphatic carbocycles. The molecule has 0 spiro atoms. The Labute approximate surface area is 164 Å². The number of nitrogens with zero attached hydrogens (tertiary/aromatic N) is 1. The standard InChI is InChI=1S/C22H24N2O4/c1-14-7-5-10-18(15(14)2)20(25)23-17-9-6-8-16(13-17)21(26)24-12-4-3-11-19(24)22(27)28/h5-10,13,19H,3-4,11-12H2,1-2H3,(H,23,25)(H,27,28). The molecular weight excluding hydrogens is 356 g/mol. The first-order valence-electron chi connectivity index (χ1n) is 9.40. The Hall–Kier alpha value is -3.15. The van der Waals surface area contributed by atoms with Crippen LogP contribution in [0.3, 0.4) is 0 Å². The number of likely N-dealkylation sites (tertiary alicyclic amines) is 1. The smallest absolute Gasteiger partial charge is 0.326 e. The molecule has 1 aliphatic heterocycles. The van der Waals surface area contributed by atoms with E-state index in [-0.39, 0.29) is 11.8 Å². The van der Waals surface area contributed by atoms with Crippen molar-refractivity contribution in [1.82, 2.24) is 4.90 Å². The lowest BCUT2D eigenvalue weighted by Gasteiger charge is -2.33. The van der Waals surface area contributed by atoms with Crippen molar-refractivity contribution in [2.24, 2.45) is 0 Å². The SMILES string of the molecule is Cc1cccc(C(=O)Nc2cccc(C(=O)N3CCCCC3C(=O)O)c2)c1C. The van der Waals surface area contributed by atoms with Gasteiger partial charge in [0.25, 0.3) is 11.8 Å². The number of carboxylic acids is 1. The summed E-state index contributed by atoms with van der Waals surface area (Å²) in [5.41, 5.74) is 3.39. The van der Waals surface area contributed by atoms with E-state index in [9.17, 15) is 19.5 Å². The molecule has 1 atom stereocenters. The summed E-state index contributed by atoms with van der Waals surface area (Å²) in [5.74, 6) is -1.55. The number of rotatable bonds is 4. The highest BCUT2D eigenvalue weighted by Crippen LogP contribution is 2.22.